The molecule has 2 aromatic heterocycles. The van der Waals surface area contributed by atoms with E-state index >= 15 is 0 Å². The maximum Gasteiger partial charge on any atom is 0.225 e. The van der Waals surface area contributed by atoms with E-state index in [0.29, 0.717) is 19.0 Å². The number of aromatic nitrogens is 2. The molecule has 0 radical (unpaired) electrons. The van der Waals surface area contributed by atoms with E-state index in [0.717, 1.165) is 36.7 Å². The highest BCUT2D eigenvalue weighted by Crippen LogP contribution is 2.38. The third-order valence-electron chi connectivity index (χ3n) is 4.80. The van der Waals surface area contributed by atoms with Crippen LogP contribution in [0.5, 0.6) is 0 Å². The Morgan fingerprint density at radius 3 is 2.88 bits per heavy atom. The molecule has 1 N–H and O–H groups in total. The van der Waals surface area contributed by atoms with Crippen molar-refractivity contribution in [2.45, 2.75) is 38.1 Å². The van der Waals surface area contributed by atoms with Crippen LogP contribution in [-0.2, 0) is 11.3 Å². The molecule has 1 saturated carbocycles. The zero-order valence-electron chi connectivity index (χ0n) is 13.6. The van der Waals surface area contributed by atoms with Gasteiger partial charge < -0.3 is 14.6 Å². The number of hydrogen-bond acceptors (Lipinski definition) is 5. The number of rotatable bonds is 5. The highest BCUT2D eigenvalue weighted by molar-refractivity contribution is 5.79. The Morgan fingerprint density at radius 2 is 2.17 bits per heavy atom. The fourth-order valence-electron chi connectivity index (χ4n) is 3.23. The van der Waals surface area contributed by atoms with Gasteiger partial charge in [-0.2, -0.15) is 5.10 Å². The van der Waals surface area contributed by atoms with Crippen LogP contribution in [0.1, 0.15) is 43.1 Å². The zero-order chi connectivity index (χ0) is 16.4. The average molecular weight is 326 g/mol. The van der Waals surface area contributed by atoms with E-state index < -0.39 is 0 Å². The molecule has 1 aliphatic heterocycles. The second-order valence-corrected chi connectivity index (χ2v) is 6.67. The molecule has 0 bridgehead atoms. The van der Waals surface area contributed by atoms with Crippen molar-refractivity contribution < 1.29 is 9.21 Å². The third kappa shape index (κ3) is 3.42. The molecule has 6 heteroatoms. The summed E-state index contributed by atoms with van der Waals surface area (Å²) in [4.78, 5) is 14.6. The lowest BCUT2D eigenvalue weighted by Gasteiger charge is -2.32. The molecule has 0 unspecified atom stereocenters. The van der Waals surface area contributed by atoms with Gasteiger partial charge in [-0.1, -0.05) is 0 Å². The van der Waals surface area contributed by atoms with Crippen LogP contribution in [0.4, 0.5) is 5.82 Å². The minimum Gasteiger partial charge on any atom is -0.467 e. The summed E-state index contributed by atoms with van der Waals surface area (Å²) >= 11 is 0. The van der Waals surface area contributed by atoms with Gasteiger partial charge in [0, 0.05) is 19.0 Å². The van der Waals surface area contributed by atoms with E-state index in [9.17, 15) is 4.79 Å². The van der Waals surface area contributed by atoms with Crippen LogP contribution in [0.25, 0.3) is 0 Å². The van der Waals surface area contributed by atoms with E-state index in [1.807, 2.05) is 18.2 Å². The molecule has 24 heavy (non-hydrogen) atoms. The number of furan rings is 1. The van der Waals surface area contributed by atoms with Crippen molar-refractivity contribution in [1.29, 1.82) is 0 Å². The molecule has 6 nitrogen and oxygen atoms in total. The van der Waals surface area contributed by atoms with E-state index in [1.165, 1.54) is 12.8 Å². The minimum absolute atomic E-state index is 0.0152. The lowest BCUT2D eigenvalue weighted by molar-refractivity contribution is -0.125. The SMILES string of the molecule is O=C(NCc1ccco1)[C@@H]1CCCN(c2ccc(C3CC3)nn2)C1. The van der Waals surface area contributed by atoms with Crippen LogP contribution in [0.15, 0.2) is 34.9 Å². The lowest BCUT2D eigenvalue weighted by Crippen LogP contribution is -2.43. The Labute approximate surface area is 141 Å². The van der Waals surface area contributed by atoms with Crippen LogP contribution >= 0.6 is 0 Å². The summed E-state index contributed by atoms with van der Waals surface area (Å²) in [6.45, 7) is 2.07. The minimum atomic E-state index is -0.0152. The summed E-state index contributed by atoms with van der Waals surface area (Å²) in [6.07, 6.45) is 5.98. The highest BCUT2D eigenvalue weighted by Gasteiger charge is 2.28. The molecule has 0 aromatic carbocycles. The van der Waals surface area contributed by atoms with Gasteiger partial charge in [0.1, 0.15) is 5.76 Å². The predicted octanol–water partition coefficient (Wildman–Crippen LogP) is 2.48. The van der Waals surface area contributed by atoms with Crippen molar-refractivity contribution in [3.8, 4) is 0 Å². The Bertz CT molecular complexity index is 680. The monoisotopic (exact) mass is 326 g/mol. The quantitative estimate of drug-likeness (QED) is 0.914. The number of amides is 1. The van der Waals surface area contributed by atoms with E-state index in [4.69, 9.17) is 4.42 Å². The van der Waals surface area contributed by atoms with Gasteiger partial charge in [-0.3, -0.25) is 4.79 Å². The zero-order valence-corrected chi connectivity index (χ0v) is 13.6. The molecule has 4 rings (SSSR count). The second kappa shape index (κ2) is 6.63. The number of anilines is 1. The second-order valence-electron chi connectivity index (χ2n) is 6.67. The van der Waals surface area contributed by atoms with Gasteiger partial charge in [0.25, 0.3) is 0 Å². The average Bonchev–Trinajstić information content (AvgIpc) is 3.36. The van der Waals surface area contributed by atoms with Crippen molar-refractivity contribution in [2.24, 2.45) is 5.92 Å². The molecule has 1 aliphatic carbocycles. The number of nitrogens with zero attached hydrogens (tertiary/aromatic N) is 3. The Hall–Kier alpha value is -2.37. The van der Waals surface area contributed by atoms with E-state index in [1.54, 1.807) is 6.26 Å². The van der Waals surface area contributed by atoms with Crippen LogP contribution in [0.3, 0.4) is 0 Å². The summed E-state index contributed by atoms with van der Waals surface area (Å²) in [7, 11) is 0. The first kappa shape index (κ1) is 15.2. The number of hydrogen-bond donors (Lipinski definition) is 1. The molecular weight excluding hydrogens is 304 g/mol. The van der Waals surface area contributed by atoms with Gasteiger partial charge in [-0.25, -0.2) is 0 Å². The Balaban J connectivity index is 1.35. The van der Waals surface area contributed by atoms with Crippen molar-refractivity contribution >= 4 is 11.7 Å². The summed E-state index contributed by atoms with van der Waals surface area (Å²) in [5.74, 6) is 2.34. The molecule has 3 heterocycles. The first-order valence-corrected chi connectivity index (χ1v) is 8.68. The molecule has 2 aliphatic rings. The molecule has 0 spiro atoms. The van der Waals surface area contributed by atoms with E-state index in [-0.39, 0.29) is 11.8 Å². The van der Waals surface area contributed by atoms with Crippen LogP contribution in [0.2, 0.25) is 0 Å². The fourth-order valence-corrected chi connectivity index (χ4v) is 3.23. The summed E-state index contributed by atoms with van der Waals surface area (Å²) in [5.41, 5.74) is 1.10. The topological polar surface area (TPSA) is 71.3 Å². The number of piperidine rings is 1. The first-order valence-electron chi connectivity index (χ1n) is 8.68. The van der Waals surface area contributed by atoms with Crippen molar-refractivity contribution in [2.75, 3.05) is 18.0 Å². The molecule has 1 saturated heterocycles. The summed E-state index contributed by atoms with van der Waals surface area (Å²) in [6, 6.07) is 7.82. The van der Waals surface area contributed by atoms with Crippen LogP contribution in [0, 0.1) is 5.92 Å². The summed E-state index contributed by atoms with van der Waals surface area (Å²) < 4.78 is 5.25. The van der Waals surface area contributed by atoms with Crippen LogP contribution < -0.4 is 10.2 Å². The van der Waals surface area contributed by atoms with Gasteiger partial charge >= 0.3 is 0 Å². The number of carbonyl (C=O) groups excluding carboxylic acids is 1. The van der Waals surface area contributed by atoms with Gasteiger partial charge in [-0.05, 0) is 49.9 Å². The predicted molar refractivity (Wildman–Crippen MR) is 89.5 cm³/mol. The highest BCUT2D eigenvalue weighted by atomic mass is 16.3. The van der Waals surface area contributed by atoms with Crippen molar-refractivity contribution in [3.63, 3.8) is 0 Å². The Morgan fingerprint density at radius 1 is 1.25 bits per heavy atom. The van der Waals surface area contributed by atoms with Crippen molar-refractivity contribution in [1.82, 2.24) is 15.5 Å². The maximum absolute atomic E-state index is 12.4. The summed E-state index contributed by atoms with van der Waals surface area (Å²) in [5, 5.41) is 11.7. The smallest absolute Gasteiger partial charge is 0.225 e. The molecule has 1 amide bonds. The van der Waals surface area contributed by atoms with Gasteiger partial charge in [-0.15, -0.1) is 5.10 Å². The van der Waals surface area contributed by atoms with Gasteiger partial charge in [0.2, 0.25) is 5.91 Å². The normalized spacial score (nSPS) is 20.8. The van der Waals surface area contributed by atoms with Crippen LogP contribution in [-0.4, -0.2) is 29.2 Å². The standard InChI is InChI=1S/C18H22N4O2/c23-18(19-11-15-4-2-10-24-15)14-3-1-9-22(12-14)17-8-7-16(20-21-17)13-5-6-13/h2,4,7-8,10,13-14H,1,3,5-6,9,11-12H2,(H,19,23)/t14-/m1/s1. The number of carbonyl (C=O) groups is 1. The first-order chi connectivity index (χ1) is 11.8. The van der Waals surface area contributed by atoms with Gasteiger partial charge in [0.05, 0.1) is 24.4 Å². The lowest BCUT2D eigenvalue weighted by atomic mass is 9.97. The fraction of sp³-hybridized carbons (Fsp3) is 0.500. The van der Waals surface area contributed by atoms with Gasteiger partial charge in [0.15, 0.2) is 5.82 Å². The maximum atomic E-state index is 12.4. The third-order valence-corrected chi connectivity index (χ3v) is 4.80. The van der Waals surface area contributed by atoms with E-state index in [2.05, 4.69) is 26.5 Å². The molecular formula is C18H22N4O2. The number of nitrogens with one attached hydrogen (secondary N) is 1. The molecule has 2 fully saturated rings. The molecule has 2 aromatic rings. The molecule has 126 valence electrons. The molecule has 1 atom stereocenters. The Kier molecular flexibility index (Phi) is 4.19. The largest absolute Gasteiger partial charge is 0.467 e. The van der Waals surface area contributed by atoms with Crippen molar-refractivity contribution in [3.05, 3.63) is 42.0 Å².